The number of aromatic carboxylic acids is 1. The number of aromatic nitrogens is 1. The van der Waals surface area contributed by atoms with Gasteiger partial charge in [0.15, 0.2) is 5.76 Å². The predicted molar refractivity (Wildman–Crippen MR) is 55.6 cm³/mol. The first-order valence-corrected chi connectivity index (χ1v) is 4.98. The van der Waals surface area contributed by atoms with Crippen molar-refractivity contribution in [2.75, 3.05) is 0 Å². The minimum atomic E-state index is -1.33. The summed E-state index contributed by atoms with van der Waals surface area (Å²) in [7, 11) is 0. The standard InChI is InChI=1S/C12H11NO3/c1-2-8-3-5-9(6-4-8)11-7-10(12(14)15)13-16-11/h3-7H,2H2,1H3,(H,14,15)/p-1. The SMILES string of the molecule is CCc1ccc(-c2cc(C(=O)[O-])no2)cc1. The highest BCUT2D eigenvalue weighted by molar-refractivity contribution is 5.84. The van der Waals surface area contributed by atoms with Crippen LogP contribution in [0.2, 0.25) is 0 Å². The van der Waals surface area contributed by atoms with Gasteiger partial charge in [-0.25, -0.2) is 0 Å². The summed E-state index contributed by atoms with van der Waals surface area (Å²) >= 11 is 0. The van der Waals surface area contributed by atoms with Gasteiger partial charge in [-0.3, -0.25) is 0 Å². The van der Waals surface area contributed by atoms with Gasteiger partial charge in [-0.05, 0) is 12.0 Å². The largest absolute Gasteiger partial charge is 0.543 e. The molecule has 0 saturated carbocycles. The van der Waals surface area contributed by atoms with Crippen molar-refractivity contribution < 1.29 is 14.4 Å². The number of carboxylic acids is 1. The van der Waals surface area contributed by atoms with E-state index >= 15 is 0 Å². The van der Waals surface area contributed by atoms with E-state index < -0.39 is 5.97 Å². The molecule has 4 heteroatoms. The average Bonchev–Trinajstić information content (AvgIpc) is 2.78. The third-order valence-electron chi connectivity index (χ3n) is 2.37. The van der Waals surface area contributed by atoms with Crippen LogP contribution in [0, 0.1) is 0 Å². The van der Waals surface area contributed by atoms with E-state index in [4.69, 9.17) is 4.52 Å². The number of hydrogen-bond donors (Lipinski definition) is 0. The van der Waals surface area contributed by atoms with Crippen molar-refractivity contribution in [2.45, 2.75) is 13.3 Å². The minimum Gasteiger partial charge on any atom is -0.543 e. The Morgan fingerprint density at radius 3 is 2.56 bits per heavy atom. The Kier molecular flexibility index (Phi) is 2.72. The highest BCUT2D eigenvalue weighted by Crippen LogP contribution is 2.20. The molecule has 0 aliphatic rings. The fraction of sp³-hybridized carbons (Fsp3) is 0.167. The number of hydrogen-bond acceptors (Lipinski definition) is 4. The Balaban J connectivity index is 2.31. The Morgan fingerprint density at radius 2 is 2.06 bits per heavy atom. The average molecular weight is 216 g/mol. The van der Waals surface area contributed by atoms with Crippen molar-refractivity contribution in [3.8, 4) is 11.3 Å². The summed E-state index contributed by atoms with van der Waals surface area (Å²) < 4.78 is 4.91. The van der Waals surface area contributed by atoms with Crippen LogP contribution in [-0.2, 0) is 6.42 Å². The molecule has 0 aliphatic carbocycles. The molecule has 0 unspecified atom stereocenters. The van der Waals surface area contributed by atoms with Crippen LogP contribution in [0.5, 0.6) is 0 Å². The van der Waals surface area contributed by atoms with Crippen LogP contribution >= 0.6 is 0 Å². The lowest BCUT2D eigenvalue weighted by Gasteiger charge is -1.97. The first-order valence-electron chi connectivity index (χ1n) is 4.98. The molecule has 1 heterocycles. The van der Waals surface area contributed by atoms with Crippen LogP contribution in [0.4, 0.5) is 0 Å². The van der Waals surface area contributed by atoms with Gasteiger partial charge in [0, 0.05) is 11.6 Å². The molecule has 16 heavy (non-hydrogen) atoms. The first kappa shape index (κ1) is 10.4. The molecule has 0 bridgehead atoms. The minimum absolute atomic E-state index is 0.186. The van der Waals surface area contributed by atoms with Crippen molar-refractivity contribution in [3.05, 3.63) is 41.6 Å². The second-order valence-corrected chi connectivity index (χ2v) is 3.41. The molecule has 2 rings (SSSR count). The Labute approximate surface area is 92.5 Å². The summed E-state index contributed by atoms with van der Waals surface area (Å²) in [5.41, 5.74) is 1.83. The molecule has 0 amide bonds. The van der Waals surface area contributed by atoms with Crippen LogP contribution in [0.3, 0.4) is 0 Å². The molecule has 0 fully saturated rings. The molecule has 4 nitrogen and oxygen atoms in total. The summed E-state index contributed by atoms with van der Waals surface area (Å²) in [6.45, 7) is 2.07. The maximum absolute atomic E-state index is 10.5. The summed E-state index contributed by atoms with van der Waals surface area (Å²) in [6, 6.07) is 9.04. The Bertz CT molecular complexity index is 499. The normalized spacial score (nSPS) is 10.3. The number of carbonyl (C=O) groups excluding carboxylic acids is 1. The molecule has 0 spiro atoms. The van der Waals surface area contributed by atoms with Crippen LogP contribution in [-0.4, -0.2) is 11.1 Å². The van der Waals surface area contributed by atoms with Gasteiger partial charge in [0.05, 0.1) is 5.97 Å². The summed E-state index contributed by atoms with van der Waals surface area (Å²) in [5, 5.41) is 13.9. The lowest BCUT2D eigenvalue weighted by atomic mass is 10.1. The summed E-state index contributed by atoms with van der Waals surface area (Å²) in [4.78, 5) is 10.5. The summed E-state index contributed by atoms with van der Waals surface area (Å²) in [6.07, 6.45) is 0.959. The van der Waals surface area contributed by atoms with Gasteiger partial charge in [-0.2, -0.15) is 0 Å². The quantitative estimate of drug-likeness (QED) is 0.774. The fourth-order valence-electron chi connectivity index (χ4n) is 1.41. The second-order valence-electron chi connectivity index (χ2n) is 3.41. The molecule has 0 aliphatic heterocycles. The monoisotopic (exact) mass is 216 g/mol. The van der Waals surface area contributed by atoms with Crippen LogP contribution in [0.15, 0.2) is 34.9 Å². The molecular formula is C12H10NO3-. The van der Waals surface area contributed by atoms with E-state index in [1.807, 2.05) is 24.3 Å². The smallest absolute Gasteiger partial charge is 0.167 e. The van der Waals surface area contributed by atoms with E-state index in [9.17, 15) is 9.90 Å². The maximum atomic E-state index is 10.5. The van der Waals surface area contributed by atoms with Crippen molar-refractivity contribution in [1.29, 1.82) is 0 Å². The van der Waals surface area contributed by atoms with Crippen LogP contribution in [0.25, 0.3) is 11.3 Å². The van der Waals surface area contributed by atoms with Gasteiger partial charge in [0.2, 0.25) is 0 Å². The lowest BCUT2D eigenvalue weighted by Crippen LogP contribution is -2.22. The molecule has 1 aromatic heterocycles. The number of aryl methyl sites for hydroxylation is 1. The van der Waals surface area contributed by atoms with Gasteiger partial charge in [0.1, 0.15) is 5.69 Å². The van der Waals surface area contributed by atoms with Gasteiger partial charge < -0.3 is 14.4 Å². The Hall–Kier alpha value is -2.10. The van der Waals surface area contributed by atoms with Gasteiger partial charge >= 0.3 is 0 Å². The van der Waals surface area contributed by atoms with Gasteiger partial charge in [0.25, 0.3) is 0 Å². The third-order valence-corrected chi connectivity index (χ3v) is 2.37. The Morgan fingerprint density at radius 1 is 1.38 bits per heavy atom. The molecule has 0 atom stereocenters. The highest BCUT2D eigenvalue weighted by atomic mass is 16.5. The zero-order chi connectivity index (χ0) is 11.5. The third kappa shape index (κ3) is 1.95. The zero-order valence-corrected chi connectivity index (χ0v) is 8.77. The van der Waals surface area contributed by atoms with Gasteiger partial charge in [-0.15, -0.1) is 0 Å². The molecular weight excluding hydrogens is 206 g/mol. The van der Waals surface area contributed by atoms with E-state index in [0.29, 0.717) is 5.76 Å². The predicted octanol–water partition coefficient (Wildman–Crippen LogP) is 1.27. The van der Waals surface area contributed by atoms with Crippen molar-refractivity contribution in [1.82, 2.24) is 5.16 Å². The number of nitrogens with zero attached hydrogens (tertiary/aromatic N) is 1. The maximum Gasteiger partial charge on any atom is 0.167 e. The first-order chi connectivity index (χ1) is 7.70. The van der Waals surface area contributed by atoms with Gasteiger partial charge in [-0.1, -0.05) is 36.3 Å². The fourth-order valence-corrected chi connectivity index (χ4v) is 1.41. The van der Waals surface area contributed by atoms with Crippen molar-refractivity contribution in [2.24, 2.45) is 0 Å². The topological polar surface area (TPSA) is 66.2 Å². The van der Waals surface area contributed by atoms with Crippen LogP contribution < -0.4 is 5.11 Å². The van der Waals surface area contributed by atoms with E-state index in [1.165, 1.54) is 11.6 Å². The molecule has 2 aromatic rings. The van der Waals surface area contributed by atoms with E-state index in [1.54, 1.807) is 0 Å². The molecule has 0 radical (unpaired) electrons. The highest BCUT2D eigenvalue weighted by Gasteiger charge is 2.06. The van der Waals surface area contributed by atoms with E-state index in [-0.39, 0.29) is 5.69 Å². The summed E-state index contributed by atoms with van der Waals surface area (Å²) in [5.74, 6) is -0.901. The van der Waals surface area contributed by atoms with E-state index in [0.717, 1.165) is 12.0 Å². The lowest BCUT2D eigenvalue weighted by molar-refractivity contribution is -0.255. The number of carboxylic acid groups (broad SMARTS) is 1. The number of rotatable bonds is 3. The molecule has 0 saturated heterocycles. The molecule has 1 aromatic carbocycles. The van der Waals surface area contributed by atoms with Crippen molar-refractivity contribution >= 4 is 5.97 Å². The van der Waals surface area contributed by atoms with Crippen LogP contribution in [0.1, 0.15) is 23.0 Å². The number of benzene rings is 1. The molecule has 0 N–H and O–H groups in total. The van der Waals surface area contributed by atoms with Crippen molar-refractivity contribution in [3.63, 3.8) is 0 Å². The zero-order valence-electron chi connectivity index (χ0n) is 8.77. The second kappa shape index (κ2) is 4.18. The number of carbonyl (C=O) groups is 1. The van der Waals surface area contributed by atoms with E-state index in [2.05, 4.69) is 12.1 Å². The molecule has 82 valence electrons.